The van der Waals surface area contributed by atoms with Gasteiger partial charge in [0.2, 0.25) is 5.91 Å². The molecule has 0 spiro atoms. The van der Waals surface area contributed by atoms with Crippen molar-refractivity contribution in [3.8, 4) is 0 Å². The molecule has 2 rings (SSSR count). The molecule has 0 radical (unpaired) electrons. The topological polar surface area (TPSA) is 29.1 Å². The smallest absolute Gasteiger partial charge is 0.224 e. The molecule has 1 aromatic carbocycles. The number of nitrogens with one attached hydrogen (secondary N) is 1. The average molecular weight is 219 g/mol. The van der Waals surface area contributed by atoms with Gasteiger partial charge in [-0.15, -0.1) is 0 Å². The Morgan fingerprint density at radius 1 is 1.25 bits per heavy atom. The minimum atomic E-state index is 0. The largest absolute Gasteiger partial charge is 0.326 e. The fourth-order valence-electron chi connectivity index (χ4n) is 2.05. The predicted molar refractivity (Wildman–Crippen MR) is 68.9 cm³/mol. The molecule has 0 saturated heterocycles. The molecule has 0 saturated carbocycles. The molecule has 1 N–H and O–H groups in total. The number of hydrogen-bond donors (Lipinski definition) is 1. The molecule has 0 aliphatic carbocycles. The normalized spacial score (nSPS) is 14.1. The first-order valence-corrected chi connectivity index (χ1v) is 5.51. The van der Waals surface area contributed by atoms with Crippen molar-refractivity contribution in [2.24, 2.45) is 0 Å². The zero-order valence-corrected chi connectivity index (χ0v) is 9.55. The number of carbonyl (C=O) groups excluding carboxylic acids is 1. The number of aryl methyl sites for hydroxylation is 2. The molecule has 1 heterocycles. The number of hydrogen-bond acceptors (Lipinski definition) is 1. The fraction of sp³-hybridized carbons (Fsp3) is 0.500. The van der Waals surface area contributed by atoms with Crippen molar-refractivity contribution in [2.75, 3.05) is 5.32 Å². The Morgan fingerprint density at radius 3 is 2.56 bits per heavy atom. The lowest BCUT2D eigenvalue weighted by molar-refractivity contribution is -0.116. The second-order valence-electron chi connectivity index (χ2n) is 4.57. The number of fused-ring (bicyclic) bond motifs is 1. The molecular formula is C14H21NO. The monoisotopic (exact) mass is 219 g/mol. The summed E-state index contributed by atoms with van der Waals surface area (Å²) in [5, 5.41) is 2.96. The van der Waals surface area contributed by atoms with E-state index in [-0.39, 0.29) is 13.3 Å². The van der Waals surface area contributed by atoms with Crippen LogP contribution in [0.25, 0.3) is 0 Å². The molecule has 0 fully saturated rings. The molecule has 0 atom stereocenters. The summed E-state index contributed by atoms with van der Waals surface area (Å²) in [6.07, 6.45) is 1.50. The lowest BCUT2D eigenvalue weighted by Gasteiger charge is -2.21. The highest BCUT2D eigenvalue weighted by Gasteiger charge is 2.17. The molecule has 0 unspecified atom stereocenters. The van der Waals surface area contributed by atoms with E-state index in [1.807, 2.05) is 0 Å². The van der Waals surface area contributed by atoms with E-state index in [9.17, 15) is 4.79 Å². The van der Waals surface area contributed by atoms with Crippen LogP contribution in [0.5, 0.6) is 0 Å². The van der Waals surface area contributed by atoms with Gasteiger partial charge >= 0.3 is 0 Å². The highest BCUT2D eigenvalue weighted by Crippen LogP contribution is 2.30. The third-order valence-corrected chi connectivity index (χ3v) is 2.99. The van der Waals surface area contributed by atoms with Gasteiger partial charge < -0.3 is 5.32 Å². The molecule has 1 amide bonds. The number of carbonyl (C=O) groups is 1. The van der Waals surface area contributed by atoms with Crippen molar-refractivity contribution in [1.82, 2.24) is 0 Å². The number of amides is 1. The summed E-state index contributed by atoms with van der Waals surface area (Å²) in [6, 6.07) is 4.40. The first-order chi connectivity index (χ1) is 7.08. The Bertz CT molecular complexity index is 407. The van der Waals surface area contributed by atoms with Crippen molar-refractivity contribution in [3.63, 3.8) is 0 Å². The highest BCUT2D eigenvalue weighted by atomic mass is 16.1. The van der Waals surface area contributed by atoms with Crippen molar-refractivity contribution in [1.29, 1.82) is 0 Å². The summed E-state index contributed by atoms with van der Waals surface area (Å²) in [5.74, 6) is 0.689. The van der Waals surface area contributed by atoms with Crippen LogP contribution < -0.4 is 5.32 Å². The Hall–Kier alpha value is -1.31. The maximum atomic E-state index is 11.3. The molecule has 1 aliphatic heterocycles. The molecular weight excluding hydrogens is 198 g/mol. The predicted octanol–water partition coefficient (Wildman–Crippen LogP) is 3.64. The highest BCUT2D eigenvalue weighted by molar-refractivity contribution is 5.94. The zero-order valence-electron chi connectivity index (χ0n) is 9.55. The van der Waals surface area contributed by atoms with E-state index in [1.54, 1.807) is 0 Å². The average Bonchev–Trinajstić information content (AvgIpc) is 2.18. The second kappa shape index (κ2) is 4.69. The standard InChI is InChI=1S/C13H17NO.CH4/c1-8(2)11-6-9(3)13-10(7-11)4-5-12(15)14-13;/h6-8H,4-5H2,1-3H3,(H,14,15);1H4. The van der Waals surface area contributed by atoms with Crippen LogP contribution in [0.15, 0.2) is 12.1 Å². The van der Waals surface area contributed by atoms with Crippen LogP contribution in [0.2, 0.25) is 0 Å². The van der Waals surface area contributed by atoms with Crippen LogP contribution in [0.4, 0.5) is 5.69 Å². The lowest BCUT2D eigenvalue weighted by Crippen LogP contribution is -2.20. The van der Waals surface area contributed by atoms with Crippen molar-refractivity contribution in [3.05, 3.63) is 28.8 Å². The van der Waals surface area contributed by atoms with E-state index in [1.165, 1.54) is 16.7 Å². The molecule has 88 valence electrons. The maximum Gasteiger partial charge on any atom is 0.224 e. The summed E-state index contributed by atoms with van der Waals surface area (Å²) in [6.45, 7) is 6.46. The van der Waals surface area contributed by atoms with Gasteiger partial charge in [0.15, 0.2) is 0 Å². The van der Waals surface area contributed by atoms with E-state index < -0.39 is 0 Å². The Kier molecular flexibility index (Phi) is 3.74. The second-order valence-corrected chi connectivity index (χ2v) is 4.57. The summed E-state index contributed by atoms with van der Waals surface area (Å²) in [7, 11) is 0. The Labute approximate surface area is 98.1 Å². The van der Waals surface area contributed by atoms with Crippen LogP contribution >= 0.6 is 0 Å². The molecule has 0 aromatic heterocycles. The van der Waals surface area contributed by atoms with Crippen LogP contribution in [0.1, 0.15) is 50.3 Å². The first kappa shape index (κ1) is 12.8. The molecule has 1 aromatic rings. The fourth-order valence-corrected chi connectivity index (χ4v) is 2.05. The van der Waals surface area contributed by atoms with Gasteiger partial charge in [0, 0.05) is 12.1 Å². The summed E-state index contributed by atoms with van der Waals surface area (Å²) < 4.78 is 0. The van der Waals surface area contributed by atoms with Gasteiger partial charge in [-0.25, -0.2) is 0 Å². The Balaban J connectivity index is 0.00000128. The SMILES string of the molecule is C.Cc1cc(C(C)C)cc2c1NC(=O)CC2. The van der Waals surface area contributed by atoms with Crippen LogP contribution in [0.3, 0.4) is 0 Å². The van der Waals surface area contributed by atoms with Crippen molar-refractivity contribution in [2.45, 2.75) is 47.0 Å². The van der Waals surface area contributed by atoms with E-state index in [2.05, 4.69) is 38.2 Å². The molecule has 16 heavy (non-hydrogen) atoms. The van der Waals surface area contributed by atoms with E-state index in [0.717, 1.165) is 12.1 Å². The number of anilines is 1. The molecule has 2 nitrogen and oxygen atoms in total. The van der Waals surface area contributed by atoms with E-state index in [0.29, 0.717) is 12.3 Å². The summed E-state index contributed by atoms with van der Waals surface area (Å²) in [5.41, 5.74) is 4.88. The lowest BCUT2D eigenvalue weighted by atomic mass is 9.92. The van der Waals surface area contributed by atoms with Gasteiger partial charge in [-0.3, -0.25) is 4.79 Å². The Morgan fingerprint density at radius 2 is 1.94 bits per heavy atom. The van der Waals surface area contributed by atoms with Gasteiger partial charge in [-0.1, -0.05) is 33.4 Å². The van der Waals surface area contributed by atoms with Gasteiger partial charge in [0.05, 0.1) is 0 Å². The summed E-state index contributed by atoms with van der Waals surface area (Å²) >= 11 is 0. The first-order valence-electron chi connectivity index (χ1n) is 5.51. The van der Waals surface area contributed by atoms with Gasteiger partial charge in [-0.2, -0.15) is 0 Å². The van der Waals surface area contributed by atoms with Gasteiger partial charge in [0.25, 0.3) is 0 Å². The van der Waals surface area contributed by atoms with Crippen molar-refractivity contribution >= 4 is 11.6 Å². The van der Waals surface area contributed by atoms with Gasteiger partial charge in [0.1, 0.15) is 0 Å². The maximum absolute atomic E-state index is 11.3. The third-order valence-electron chi connectivity index (χ3n) is 2.99. The van der Waals surface area contributed by atoms with Crippen molar-refractivity contribution < 1.29 is 4.79 Å². The number of benzene rings is 1. The minimum Gasteiger partial charge on any atom is -0.326 e. The molecule has 1 aliphatic rings. The van der Waals surface area contributed by atoms with Gasteiger partial charge in [-0.05, 0) is 36.0 Å². The summed E-state index contributed by atoms with van der Waals surface area (Å²) in [4.78, 5) is 11.3. The minimum absolute atomic E-state index is 0. The molecule has 2 heteroatoms. The quantitative estimate of drug-likeness (QED) is 0.767. The van der Waals surface area contributed by atoms with Crippen LogP contribution in [-0.2, 0) is 11.2 Å². The van der Waals surface area contributed by atoms with E-state index >= 15 is 0 Å². The molecule has 0 bridgehead atoms. The van der Waals surface area contributed by atoms with Crippen LogP contribution in [0, 0.1) is 6.92 Å². The van der Waals surface area contributed by atoms with Crippen LogP contribution in [-0.4, -0.2) is 5.91 Å². The van der Waals surface area contributed by atoms with E-state index in [4.69, 9.17) is 0 Å². The number of rotatable bonds is 1. The third kappa shape index (κ3) is 2.26. The zero-order chi connectivity index (χ0) is 11.0.